The third-order valence-electron chi connectivity index (χ3n) is 3.86. The molecule has 0 aliphatic carbocycles. The first kappa shape index (κ1) is 17.2. The summed E-state index contributed by atoms with van der Waals surface area (Å²) >= 11 is 0. The SMILES string of the molecule is CCCC(NCc1cccc(C(=O)O)c1)C(O)c1ccccc1. The van der Waals surface area contributed by atoms with Crippen molar-refractivity contribution in [3.63, 3.8) is 0 Å². The molecule has 122 valence electrons. The van der Waals surface area contributed by atoms with Gasteiger partial charge in [-0.1, -0.05) is 55.8 Å². The molecule has 0 spiro atoms. The molecule has 4 nitrogen and oxygen atoms in total. The van der Waals surface area contributed by atoms with Crippen LogP contribution in [-0.2, 0) is 6.54 Å². The number of aliphatic hydroxyl groups is 1. The molecule has 2 aromatic rings. The molecule has 2 aromatic carbocycles. The Morgan fingerprint density at radius 2 is 1.87 bits per heavy atom. The highest BCUT2D eigenvalue weighted by Gasteiger charge is 2.19. The van der Waals surface area contributed by atoms with E-state index in [4.69, 9.17) is 5.11 Å². The van der Waals surface area contributed by atoms with E-state index < -0.39 is 12.1 Å². The Kier molecular flexibility index (Phi) is 6.32. The number of carboxylic acids is 1. The number of rotatable bonds is 8. The van der Waals surface area contributed by atoms with Gasteiger partial charge in [-0.25, -0.2) is 4.79 Å². The van der Waals surface area contributed by atoms with Crippen LogP contribution in [0.5, 0.6) is 0 Å². The van der Waals surface area contributed by atoms with E-state index in [0.29, 0.717) is 6.54 Å². The molecule has 0 radical (unpaired) electrons. The molecule has 23 heavy (non-hydrogen) atoms. The van der Waals surface area contributed by atoms with Crippen molar-refractivity contribution in [1.29, 1.82) is 0 Å². The minimum absolute atomic E-state index is 0.0733. The third kappa shape index (κ3) is 4.91. The lowest BCUT2D eigenvalue weighted by Gasteiger charge is -2.24. The minimum Gasteiger partial charge on any atom is -0.478 e. The second kappa shape index (κ2) is 8.46. The molecule has 2 rings (SSSR count). The van der Waals surface area contributed by atoms with Crippen molar-refractivity contribution in [2.45, 2.75) is 38.5 Å². The van der Waals surface area contributed by atoms with Crippen LogP contribution in [0.4, 0.5) is 0 Å². The van der Waals surface area contributed by atoms with Crippen LogP contribution in [0.25, 0.3) is 0 Å². The Morgan fingerprint density at radius 1 is 1.13 bits per heavy atom. The maximum absolute atomic E-state index is 11.0. The Labute approximate surface area is 136 Å². The third-order valence-corrected chi connectivity index (χ3v) is 3.86. The van der Waals surface area contributed by atoms with Gasteiger partial charge >= 0.3 is 5.97 Å². The maximum Gasteiger partial charge on any atom is 0.335 e. The fourth-order valence-corrected chi connectivity index (χ4v) is 2.63. The molecule has 0 heterocycles. The van der Waals surface area contributed by atoms with Crippen molar-refractivity contribution >= 4 is 5.97 Å². The summed E-state index contributed by atoms with van der Waals surface area (Å²) < 4.78 is 0. The van der Waals surface area contributed by atoms with E-state index in [9.17, 15) is 9.90 Å². The number of carbonyl (C=O) groups is 1. The summed E-state index contributed by atoms with van der Waals surface area (Å²) in [6, 6.07) is 16.4. The van der Waals surface area contributed by atoms with Crippen molar-refractivity contribution in [2.75, 3.05) is 0 Å². The van der Waals surface area contributed by atoms with Gasteiger partial charge in [0.2, 0.25) is 0 Å². The molecule has 0 aliphatic rings. The molecular formula is C19H23NO3. The predicted octanol–water partition coefficient (Wildman–Crippen LogP) is 3.38. The molecule has 0 amide bonds. The van der Waals surface area contributed by atoms with Gasteiger partial charge in [-0.15, -0.1) is 0 Å². The first-order valence-corrected chi connectivity index (χ1v) is 7.90. The highest BCUT2D eigenvalue weighted by atomic mass is 16.4. The first-order valence-electron chi connectivity index (χ1n) is 7.90. The Morgan fingerprint density at radius 3 is 2.52 bits per heavy atom. The number of nitrogens with one attached hydrogen (secondary N) is 1. The summed E-state index contributed by atoms with van der Waals surface area (Å²) in [5.41, 5.74) is 2.06. The zero-order valence-electron chi connectivity index (χ0n) is 13.3. The van der Waals surface area contributed by atoms with Gasteiger partial charge in [-0.2, -0.15) is 0 Å². The van der Waals surface area contributed by atoms with Crippen LogP contribution in [0.15, 0.2) is 54.6 Å². The fourth-order valence-electron chi connectivity index (χ4n) is 2.63. The van der Waals surface area contributed by atoms with Crippen LogP contribution in [0, 0.1) is 0 Å². The fraction of sp³-hybridized carbons (Fsp3) is 0.316. The van der Waals surface area contributed by atoms with Crippen LogP contribution in [0.2, 0.25) is 0 Å². The van der Waals surface area contributed by atoms with Gasteiger partial charge < -0.3 is 15.5 Å². The van der Waals surface area contributed by atoms with Gasteiger partial charge in [0.1, 0.15) is 0 Å². The summed E-state index contributed by atoms with van der Waals surface area (Å²) in [5, 5.41) is 23.0. The molecule has 0 aromatic heterocycles. The largest absolute Gasteiger partial charge is 0.478 e. The van der Waals surface area contributed by atoms with Crippen LogP contribution in [0.3, 0.4) is 0 Å². The number of hydrogen-bond acceptors (Lipinski definition) is 3. The lowest BCUT2D eigenvalue weighted by molar-refractivity contribution is 0.0696. The van der Waals surface area contributed by atoms with Crippen LogP contribution >= 0.6 is 0 Å². The van der Waals surface area contributed by atoms with Crippen molar-refractivity contribution in [3.8, 4) is 0 Å². The number of hydrogen-bond donors (Lipinski definition) is 3. The average Bonchev–Trinajstić information content (AvgIpc) is 2.59. The molecule has 0 bridgehead atoms. The Balaban J connectivity index is 2.05. The summed E-state index contributed by atoms with van der Waals surface area (Å²) in [6.07, 6.45) is 1.21. The zero-order valence-corrected chi connectivity index (χ0v) is 13.3. The van der Waals surface area contributed by atoms with E-state index in [-0.39, 0.29) is 11.6 Å². The number of aliphatic hydroxyl groups excluding tert-OH is 1. The van der Waals surface area contributed by atoms with E-state index in [2.05, 4.69) is 12.2 Å². The highest BCUT2D eigenvalue weighted by molar-refractivity contribution is 5.87. The minimum atomic E-state index is -0.929. The molecule has 0 aliphatic heterocycles. The number of aromatic carboxylic acids is 1. The Hall–Kier alpha value is -2.17. The summed E-state index contributed by atoms with van der Waals surface area (Å²) in [7, 11) is 0. The van der Waals surface area contributed by atoms with Crippen molar-refractivity contribution in [1.82, 2.24) is 5.32 Å². The second-order valence-corrected chi connectivity index (χ2v) is 5.64. The second-order valence-electron chi connectivity index (χ2n) is 5.64. The standard InChI is InChI=1S/C19H23NO3/c1-2-7-17(18(21)15-9-4-3-5-10-15)20-13-14-8-6-11-16(12-14)19(22)23/h3-6,8-12,17-18,20-21H,2,7,13H2,1H3,(H,22,23). The van der Waals surface area contributed by atoms with Gasteiger partial charge in [0, 0.05) is 12.6 Å². The summed E-state index contributed by atoms with van der Waals surface area (Å²) in [5.74, 6) is -0.929. The van der Waals surface area contributed by atoms with Gasteiger partial charge in [0.05, 0.1) is 11.7 Å². The molecular weight excluding hydrogens is 290 g/mol. The van der Waals surface area contributed by atoms with Gasteiger partial charge in [-0.3, -0.25) is 0 Å². The smallest absolute Gasteiger partial charge is 0.335 e. The lowest BCUT2D eigenvalue weighted by atomic mass is 9.98. The predicted molar refractivity (Wildman–Crippen MR) is 90.3 cm³/mol. The summed E-state index contributed by atoms with van der Waals surface area (Å²) in [4.78, 5) is 11.0. The van der Waals surface area contributed by atoms with Crippen molar-refractivity contribution in [2.24, 2.45) is 0 Å². The van der Waals surface area contributed by atoms with Crippen LogP contribution in [-0.4, -0.2) is 22.2 Å². The van der Waals surface area contributed by atoms with E-state index in [1.807, 2.05) is 36.4 Å². The first-order chi connectivity index (χ1) is 11.1. The van der Waals surface area contributed by atoms with Crippen molar-refractivity contribution in [3.05, 3.63) is 71.3 Å². The average molecular weight is 313 g/mol. The van der Waals surface area contributed by atoms with E-state index in [1.165, 1.54) is 0 Å². The molecule has 0 saturated heterocycles. The van der Waals surface area contributed by atoms with Crippen molar-refractivity contribution < 1.29 is 15.0 Å². The molecule has 2 unspecified atom stereocenters. The number of benzene rings is 2. The Bertz CT molecular complexity index is 628. The van der Waals surface area contributed by atoms with Gasteiger partial charge in [-0.05, 0) is 29.7 Å². The van der Waals surface area contributed by atoms with Crippen LogP contribution < -0.4 is 5.32 Å². The zero-order chi connectivity index (χ0) is 16.7. The quantitative estimate of drug-likeness (QED) is 0.699. The molecule has 0 fully saturated rings. The lowest BCUT2D eigenvalue weighted by Crippen LogP contribution is -2.34. The molecule has 3 N–H and O–H groups in total. The molecule has 2 atom stereocenters. The van der Waals surface area contributed by atoms with E-state index in [1.54, 1.807) is 18.2 Å². The van der Waals surface area contributed by atoms with Gasteiger partial charge in [0.15, 0.2) is 0 Å². The summed E-state index contributed by atoms with van der Waals surface area (Å²) in [6.45, 7) is 2.60. The topological polar surface area (TPSA) is 69.6 Å². The number of carboxylic acid groups (broad SMARTS) is 1. The molecule has 4 heteroatoms. The normalized spacial score (nSPS) is 13.5. The maximum atomic E-state index is 11.0. The monoisotopic (exact) mass is 313 g/mol. The highest BCUT2D eigenvalue weighted by Crippen LogP contribution is 2.20. The van der Waals surface area contributed by atoms with E-state index >= 15 is 0 Å². The van der Waals surface area contributed by atoms with Crippen LogP contribution in [0.1, 0.15) is 47.4 Å². The van der Waals surface area contributed by atoms with E-state index in [0.717, 1.165) is 24.0 Å². The van der Waals surface area contributed by atoms with Gasteiger partial charge in [0.25, 0.3) is 0 Å². The molecule has 0 saturated carbocycles.